The third-order valence-electron chi connectivity index (χ3n) is 6.79. The molecule has 1 amide bonds. The average molecular weight is 543 g/mol. The third-order valence-corrected chi connectivity index (χ3v) is 7.79. The molecule has 3 aromatic carbocycles. The number of nitrogens with zero attached hydrogens (tertiary/aromatic N) is 2. The summed E-state index contributed by atoms with van der Waals surface area (Å²) in [6.07, 6.45) is 0. The van der Waals surface area contributed by atoms with E-state index in [-0.39, 0.29) is 11.3 Å². The van der Waals surface area contributed by atoms with Gasteiger partial charge in [0.1, 0.15) is 24.7 Å². The van der Waals surface area contributed by atoms with Crippen LogP contribution in [0.25, 0.3) is 16.0 Å². The van der Waals surface area contributed by atoms with Gasteiger partial charge in [-0.3, -0.25) is 14.5 Å². The summed E-state index contributed by atoms with van der Waals surface area (Å²) in [4.78, 5) is 33.3. The van der Waals surface area contributed by atoms with Crippen molar-refractivity contribution in [3.63, 3.8) is 0 Å². The van der Waals surface area contributed by atoms with Crippen molar-refractivity contribution < 1.29 is 28.9 Å². The summed E-state index contributed by atoms with van der Waals surface area (Å²) < 4.78 is 17.8. The van der Waals surface area contributed by atoms with Gasteiger partial charge >= 0.3 is 5.91 Å². The van der Waals surface area contributed by atoms with E-state index >= 15 is 0 Å². The second-order valence-electron chi connectivity index (χ2n) is 9.45. The van der Waals surface area contributed by atoms with Gasteiger partial charge in [-0.1, -0.05) is 29.5 Å². The molecule has 1 fully saturated rings. The lowest BCUT2D eigenvalue weighted by atomic mass is 9.95. The van der Waals surface area contributed by atoms with E-state index in [2.05, 4.69) is 0 Å². The molecule has 1 N–H and O–H groups in total. The third kappa shape index (κ3) is 4.28. The van der Waals surface area contributed by atoms with Crippen molar-refractivity contribution in [1.82, 2.24) is 4.98 Å². The molecule has 1 aromatic heterocycles. The second-order valence-corrected chi connectivity index (χ2v) is 10.5. The molecule has 3 heterocycles. The SMILES string of the molecule is CCOc1ccc(C2C(=C(O)c3ccc4c(c3)OCCO4)C(=O)C(=O)N2c2nc3c(C)cc(C)cc3s2)cc1. The molecule has 2 aliphatic heterocycles. The van der Waals surface area contributed by atoms with Crippen molar-refractivity contribution in [2.45, 2.75) is 26.8 Å². The monoisotopic (exact) mass is 542 g/mol. The van der Waals surface area contributed by atoms with E-state index in [0.29, 0.717) is 53.3 Å². The number of thiazole rings is 1. The molecule has 1 atom stereocenters. The molecule has 2 aliphatic rings. The molecule has 6 rings (SSSR count). The molecule has 0 saturated carbocycles. The van der Waals surface area contributed by atoms with Gasteiger partial charge in [-0.2, -0.15) is 0 Å². The smallest absolute Gasteiger partial charge is 0.301 e. The Bertz CT molecular complexity index is 1660. The van der Waals surface area contributed by atoms with Crippen molar-refractivity contribution >= 4 is 44.1 Å². The summed E-state index contributed by atoms with van der Waals surface area (Å²) in [6.45, 7) is 7.19. The number of ketones is 1. The van der Waals surface area contributed by atoms with Crippen LogP contribution in [0, 0.1) is 13.8 Å². The highest BCUT2D eigenvalue weighted by molar-refractivity contribution is 7.22. The number of hydrogen-bond acceptors (Lipinski definition) is 8. The van der Waals surface area contributed by atoms with Gasteiger partial charge in [-0.15, -0.1) is 0 Å². The number of carbonyl (C=O) groups is 2. The Balaban J connectivity index is 1.53. The summed E-state index contributed by atoms with van der Waals surface area (Å²) in [7, 11) is 0. The lowest BCUT2D eigenvalue weighted by molar-refractivity contribution is -0.132. The van der Waals surface area contributed by atoms with Crippen molar-refractivity contribution in [2.24, 2.45) is 0 Å². The first-order valence-corrected chi connectivity index (χ1v) is 13.5. The van der Waals surface area contributed by atoms with Crippen LogP contribution in [0.4, 0.5) is 5.13 Å². The topological polar surface area (TPSA) is 98.2 Å². The highest BCUT2D eigenvalue weighted by atomic mass is 32.1. The zero-order valence-corrected chi connectivity index (χ0v) is 22.5. The number of rotatable bonds is 5. The molecule has 0 radical (unpaired) electrons. The van der Waals surface area contributed by atoms with E-state index in [1.807, 2.05) is 32.9 Å². The van der Waals surface area contributed by atoms with Crippen LogP contribution in [0.3, 0.4) is 0 Å². The van der Waals surface area contributed by atoms with Crippen LogP contribution in [-0.2, 0) is 9.59 Å². The van der Waals surface area contributed by atoms with Crippen LogP contribution < -0.4 is 19.1 Å². The Morgan fingerprint density at radius 1 is 1.05 bits per heavy atom. The maximum absolute atomic E-state index is 13.6. The predicted octanol–water partition coefficient (Wildman–Crippen LogP) is 5.71. The summed E-state index contributed by atoms with van der Waals surface area (Å²) in [5.74, 6) is -0.138. The quantitative estimate of drug-likeness (QED) is 0.196. The number of carbonyl (C=O) groups excluding carboxylic acids is 2. The second kappa shape index (κ2) is 9.74. The first-order valence-electron chi connectivity index (χ1n) is 12.7. The number of aromatic nitrogens is 1. The molecule has 1 saturated heterocycles. The number of aryl methyl sites for hydroxylation is 2. The van der Waals surface area contributed by atoms with Gasteiger partial charge in [0.2, 0.25) is 0 Å². The lowest BCUT2D eigenvalue weighted by Crippen LogP contribution is -2.29. The molecule has 4 aromatic rings. The summed E-state index contributed by atoms with van der Waals surface area (Å²) in [6, 6.07) is 15.3. The average Bonchev–Trinajstić information content (AvgIpc) is 3.47. The summed E-state index contributed by atoms with van der Waals surface area (Å²) >= 11 is 1.34. The molecule has 198 valence electrons. The van der Waals surface area contributed by atoms with Crippen LogP contribution in [-0.4, -0.2) is 41.6 Å². The Hall–Kier alpha value is -4.37. The van der Waals surface area contributed by atoms with Crippen LogP contribution in [0.5, 0.6) is 17.2 Å². The number of benzene rings is 3. The minimum absolute atomic E-state index is 0.0204. The van der Waals surface area contributed by atoms with Gasteiger partial charge < -0.3 is 19.3 Å². The Morgan fingerprint density at radius 3 is 2.54 bits per heavy atom. The Labute approximate surface area is 229 Å². The van der Waals surface area contributed by atoms with Gasteiger partial charge in [0, 0.05) is 5.56 Å². The minimum atomic E-state index is -0.893. The van der Waals surface area contributed by atoms with Crippen molar-refractivity contribution in [3.05, 3.63) is 82.4 Å². The van der Waals surface area contributed by atoms with Crippen molar-refractivity contribution in [3.8, 4) is 17.2 Å². The fraction of sp³-hybridized carbons (Fsp3) is 0.233. The highest BCUT2D eigenvalue weighted by Crippen LogP contribution is 2.45. The van der Waals surface area contributed by atoms with Gasteiger partial charge in [0.05, 0.1) is 28.4 Å². The molecule has 8 nitrogen and oxygen atoms in total. The summed E-state index contributed by atoms with van der Waals surface area (Å²) in [5.41, 5.74) is 3.82. The van der Waals surface area contributed by atoms with Crippen molar-refractivity contribution in [2.75, 3.05) is 24.7 Å². The normalized spacial score (nSPS) is 18.1. The molecule has 0 aliphatic carbocycles. The van der Waals surface area contributed by atoms with Gasteiger partial charge in [0.25, 0.3) is 5.78 Å². The van der Waals surface area contributed by atoms with Crippen molar-refractivity contribution in [1.29, 1.82) is 0 Å². The van der Waals surface area contributed by atoms with E-state index in [9.17, 15) is 14.7 Å². The largest absolute Gasteiger partial charge is 0.507 e. The highest BCUT2D eigenvalue weighted by Gasteiger charge is 2.48. The number of amides is 1. The van der Waals surface area contributed by atoms with Gasteiger partial charge in [-0.05, 0) is 73.9 Å². The molecular formula is C30H26N2O6S. The number of ether oxygens (including phenoxy) is 3. The van der Waals surface area contributed by atoms with E-state index < -0.39 is 17.7 Å². The standard InChI is InChI=1S/C30H26N2O6S/c1-4-36-20-8-5-18(6-9-20)26-24(27(33)19-7-10-21-22(15-19)38-12-11-37-21)28(34)29(35)32(26)30-31-25-17(3)13-16(2)14-23(25)39-30/h5-10,13-15,26,33H,4,11-12H2,1-3H3. The Kier molecular flexibility index (Phi) is 6.23. The van der Waals surface area contributed by atoms with E-state index in [1.165, 1.54) is 16.2 Å². The molecule has 9 heteroatoms. The van der Waals surface area contributed by atoms with Gasteiger partial charge in [-0.25, -0.2) is 4.98 Å². The van der Waals surface area contributed by atoms with E-state index in [1.54, 1.807) is 42.5 Å². The maximum atomic E-state index is 13.6. The number of aliphatic hydroxyl groups is 1. The van der Waals surface area contributed by atoms with Crippen LogP contribution >= 0.6 is 11.3 Å². The first kappa shape index (κ1) is 24.9. The summed E-state index contributed by atoms with van der Waals surface area (Å²) in [5, 5.41) is 11.9. The number of Topliss-reactive ketones (excluding diaryl/α,β-unsaturated/α-hetero) is 1. The van der Waals surface area contributed by atoms with E-state index in [0.717, 1.165) is 21.3 Å². The molecule has 39 heavy (non-hydrogen) atoms. The van der Waals surface area contributed by atoms with Gasteiger partial charge in [0.15, 0.2) is 16.6 Å². The predicted molar refractivity (Wildman–Crippen MR) is 149 cm³/mol. The fourth-order valence-electron chi connectivity index (χ4n) is 5.07. The zero-order chi connectivity index (χ0) is 27.3. The molecule has 0 bridgehead atoms. The lowest BCUT2D eigenvalue weighted by Gasteiger charge is -2.23. The minimum Gasteiger partial charge on any atom is -0.507 e. The molecular weight excluding hydrogens is 516 g/mol. The first-order chi connectivity index (χ1) is 18.9. The number of anilines is 1. The number of fused-ring (bicyclic) bond motifs is 2. The number of hydrogen-bond donors (Lipinski definition) is 1. The van der Waals surface area contributed by atoms with E-state index in [4.69, 9.17) is 19.2 Å². The van der Waals surface area contributed by atoms with Crippen LogP contribution in [0.1, 0.15) is 35.2 Å². The molecule has 0 spiro atoms. The van der Waals surface area contributed by atoms with Crippen LogP contribution in [0.15, 0.2) is 60.2 Å². The van der Waals surface area contributed by atoms with Crippen LogP contribution in [0.2, 0.25) is 0 Å². The maximum Gasteiger partial charge on any atom is 0.301 e. The number of aliphatic hydroxyl groups excluding tert-OH is 1. The molecule has 1 unspecified atom stereocenters. The Morgan fingerprint density at radius 2 is 1.79 bits per heavy atom. The zero-order valence-electron chi connectivity index (χ0n) is 21.7. The fourth-order valence-corrected chi connectivity index (χ4v) is 6.23.